The molecule has 0 saturated heterocycles. The van der Waals surface area contributed by atoms with Gasteiger partial charge in [0.25, 0.3) is 0 Å². The standard InChI is InChI=1S/C14H11F3N2OS/c15-14(16,17)11-7-10(18-13(21)19-11)9-5-1-3-8-4-2-6-20-12(8)9/h1,3,5,7H,2,4,6H2,(H,18,19,21). The molecule has 1 N–H and O–H groups in total. The third kappa shape index (κ3) is 2.78. The zero-order chi connectivity index (χ0) is 15.0. The molecule has 0 unspecified atom stereocenters. The van der Waals surface area contributed by atoms with Crippen LogP contribution >= 0.6 is 12.2 Å². The maximum Gasteiger partial charge on any atom is 0.431 e. The maximum atomic E-state index is 12.9. The summed E-state index contributed by atoms with van der Waals surface area (Å²) in [5, 5.41) is 0. The molecule has 1 aromatic heterocycles. The first-order valence-corrected chi connectivity index (χ1v) is 6.79. The van der Waals surface area contributed by atoms with Gasteiger partial charge in [-0.2, -0.15) is 13.2 Å². The molecule has 0 aliphatic carbocycles. The van der Waals surface area contributed by atoms with E-state index in [2.05, 4.69) is 9.97 Å². The molecule has 1 aliphatic heterocycles. The Bertz CT molecular complexity index is 740. The zero-order valence-corrected chi connectivity index (χ0v) is 11.6. The Morgan fingerprint density at radius 1 is 1.29 bits per heavy atom. The molecule has 1 aliphatic rings. The lowest BCUT2D eigenvalue weighted by molar-refractivity contribution is -0.141. The van der Waals surface area contributed by atoms with E-state index in [1.54, 1.807) is 12.1 Å². The number of aryl methyl sites for hydroxylation is 1. The molecule has 110 valence electrons. The molecule has 0 bridgehead atoms. The fourth-order valence-corrected chi connectivity index (χ4v) is 2.55. The first-order valence-electron chi connectivity index (χ1n) is 6.39. The summed E-state index contributed by atoms with van der Waals surface area (Å²) in [7, 11) is 0. The molecule has 0 spiro atoms. The number of alkyl halides is 3. The van der Waals surface area contributed by atoms with Crippen molar-refractivity contribution in [3.63, 3.8) is 0 Å². The van der Waals surface area contributed by atoms with Gasteiger partial charge < -0.3 is 9.72 Å². The molecule has 3 nitrogen and oxygen atoms in total. The molecule has 3 rings (SSSR count). The number of para-hydroxylation sites is 1. The van der Waals surface area contributed by atoms with Gasteiger partial charge in [0.15, 0.2) is 4.77 Å². The highest BCUT2D eigenvalue weighted by Gasteiger charge is 2.32. The monoisotopic (exact) mass is 312 g/mol. The summed E-state index contributed by atoms with van der Waals surface area (Å²) in [4.78, 5) is 6.08. The molecule has 0 saturated carbocycles. The molecule has 1 aromatic carbocycles. The summed E-state index contributed by atoms with van der Waals surface area (Å²) in [5.41, 5.74) is 0.779. The zero-order valence-electron chi connectivity index (χ0n) is 10.8. The second-order valence-electron chi connectivity index (χ2n) is 4.73. The molecule has 2 aromatic rings. The van der Waals surface area contributed by atoms with Crippen LogP contribution in [0.4, 0.5) is 13.2 Å². The molecular weight excluding hydrogens is 301 g/mol. The van der Waals surface area contributed by atoms with E-state index in [1.807, 2.05) is 6.07 Å². The Morgan fingerprint density at radius 2 is 2.10 bits per heavy atom. The molecule has 0 radical (unpaired) electrons. The number of nitrogens with one attached hydrogen (secondary N) is 1. The van der Waals surface area contributed by atoms with Gasteiger partial charge in [0.2, 0.25) is 0 Å². The predicted octanol–water partition coefficient (Wildman–Crippen LogP) is 4.15. The summed E-state index contributed by atoms with van der Waals surface area (Å²) >= 11 is 4.80. The Hall–Kier alpha value is -1.89. The van der Waals surface area contributed by atoms with Crippen LogP contribution in [0.25, 0.3) is 11.3 Å². The number of H-pyrrole nitrogens is 1. The van der Waals surface area contributed by atoms with Crippen LogP contribution in [0.3, 0.4) is 0 Å². The maximum absolute atomic E-state index is 12.9. The Kier molecular flexibility index (Phi) is 3.44. The van der Waals surface area contributed by atoms with E-state index in [-0.39, 0.29) is 10.5 Å². The number of aromatic nitrogens is 2. The van der Waals surface area contributed by atoms with Crippen LogP contribution in [0, 0.1) is 4.77 Å². The van der Waals surface area contributed by atoms with Crippen molar-refractivity contribution >= 4 is 12.2 Å². The topological polar surface area (TPSA) is 37.9 Å². The number of hydrogen-bond donors (Lipinski definition) is 1. The molecule has 0 atom stereocenters. The molecular formula is C14H11F3N2OS. The van der Waals surface area contributed by atoms with Gasteiger partial charge in [-0.15, -0.1) is 0 Å². The average molecular weight is 312 g/mol. The first-order chi connectivity index (χ1) is 9.95. The van der Waals surface area contributed by atoms with Gasteiger partial charge in [0, 0.05) is 5.56 Å². The van der Waals surface area contributed by atoms with Gasteiger partial charge in [0.1, 0.15) is 11.4 Å². The molecule has 2 heterocycles. The van der Waals surface area contributed by atoms with Crippen LogP contribution in [-0.4, -0.2) is 16.6 Å². The van der Waals surface area contributed by atoms with Crippen molar-refractivity contribution in [2.45, 2.75) is 19.0 Å². The SMILES string of the molecule is FC(F)(F)c1cc(-c2cccc3c2OCCC3)nc(=S)[nH]1. The summed E-state index contributed by atoms with van der Waals surface area (Å²) in [6, 6.07) is 6.36. The van der Waals surface area contributed by atoms with Crippen molar-refractivity contribution in [1.82, 2.24) is 9.97 Å². The van der Waals surface area contributed by atoms with E-state index >= 15 is 0 Å². The highest BCUT2D eigenvalue weighted by molar-refractivity contribution is 7.71. The van der Waals surface area contributed by atoms with E-state index in [1.165, 1.54) is 0 Å². The van der Waals surface area contributed by atoms with Crippen LogP contribution in [-0.2, 0) is 12.6 Å². The average Bonchev–Trinajstić information content (AvgIpc) is 2.45. The second-order valence-corrected chi connectivity index (χ2v) is 5.12. The predicted molar refractivity (Wildman–Crippen MR) is 73.7 cm³/mol. The first kappa shape index (κ1) is 14.1. The molecule has 0 amide bonds. The van der Waals surface area contributed by atoms with E-state index < -0.39 is 11.9 Å². The summed E-state index contributed by atoms with van der Waals surface area (Å²) in [5.74, 6) is 0.602. The van der Waals surface area contributed by atoms with Gasteiger partial charge in [-0.3, -0.25) is 0 Å². The van der Waals surface area contributed by atoms with E-state index in [0.29, 0.717) is 17.9 Å². The van der Waals surface area contributed by atoms with Crippen LogP contribution in [0.2, 0.25) is 0 Å². The van der Waals surface area contributed by atoms with Gasteiger partial charge in [-0.25, -0.2) is 4.98 Å². The highest BCUT2D eigenvalue weighted by Crippen LogP contribution is 2.37. The number of hydrogen-bond acceptors (Lipinski definition) is 3. The number of ether oxygens (including phenoxy) is 1. The van der Waals surface area contributed by atoms with E-state index in [4.69, 9.17) is 17.0 Å². The number of benzene rings is 1. The number of aromatic amines is 1. The van der Waals surface area contributed by atoms with Gasteiger partial charge in [-0.1, -0.05) is 12.1 Å². The van der Waals surface area contributed by atoms with Crippen LogP contribution in [0.1, 0.15) is 17.7 Å². The summed E-state index contributed by atoms with van der Waals surface area (Å²) in [6.45, 7) is 0.551. The van der Waals surface area contributed by atoms with E-state index in [0.717, 1.165) is 24.5 Å². The van der Waals surface area contributed by atoms with Crippen molar-refractivity contribution in [3.8, 4) is 17.0 Å². The van der Waals surface area contributed by atoms with Crippen LogP contribution < -0.4 is 4.74 Å². The summed E-state index contributed by atoms with van der Waals surface area (Å²) < 4.78 is 44.0. The van der Waals surface area contributed by atoms with Gasteiger partial charge in [0.05, 0.1) is 12.3 Å². The van der Waals surface area contributed by atoms with Crippen molar-refractivity contribution < 1.29 is 17.9 Å². The minimum Gasteiger partial charge on any atom is -0.493 e. The number of rotatable bonds is 1. The lowest BCUT2D eigenvalue weighted by Gasteiger charge is -2.20. The number of halogens is 3. The highest BCUT2D eigenvalue weighted by atomic mass is 32.1. The Morgan fingerprint density at radius 3 is 2.86 bits per heavy atom. The second kappa shape index (κ2) is 5.14. The normalized spacial score (nSPS) is 14.4. The molecule has 7 heteroatoms. The smallest absolute Gasteiger partial charge is 0.431 e. The van der Waals surface area contributed by atoms with Gasteiger partial charge in [-0.05, 0) is 42.8 Å². The Balaban J connectivity index is 2.17. The minimum atomic E-state index is -4.50. The largest absolute Gasteiger partial charge is 0.493 e. The molecule has 0 fully saturated rings. The summed E-state index contributed by atoms with van der Waals surface area (Å²) in [6.07, 6.45) is -2.76. The van der Waals surface area contributed by atoms with Crippen molar-refractivity contribution in [1.29, 1.82) is 0 Å². The third-order valence-electron chi connectivity index (χ3n) is 3.26. The third-order valence-corrected chi connectivity index (χ3v) is 3.45. The van der Waals surface area contributed by atoms with Crippen molar-refractivity contribution in [2.75, 3.05) is 6.61 Å². The molecule has 21 heavy (non-hydrogen) atoms. The fourth-order valence-electron chi connectivity index (χ4n) is 2.34. The Labute approximate surface area is 123 Å². The number of fused-ring (bicyclic) bond motifs is 1. The quantitative estimate of drug-likeness (QED) is 0.804. The minimum absolute atomic E-state index is 0.171. The number of nitrogens with zero attached hydrogens (tertiary/aromatic N) is 1. The van der Waals surface area contributed by atoms with Crippen molar-refractivity contribution in [2.24, 2.45) is 0 Å². The fraction of sp³-hybridized carbons (Fsp3) is 0.286. The van der Waals surface area contributed by atoms with E-state index in [9.17, 15) is 13.2 Å². The van der Waals surface area contributed by atoms with Crippen LogP contribution in [0.5, 0.6) is 5.75 Å². The lowest BCUT2D eigenvalue weighted by atomic mass is 10.0. The van der Waals surface area contributed by atoms with Gasteiger partial charge >= 0.3 is 6.18 Å². The lowest BCUT2D eigenvalue weighted by Crippen LogP contribution is -2.11. The van der Waals surface area contributed by atoms with Crippen LogP contribution in [0.15, 0.2) is 24.3 Å². The van der Waals surface area contributed by atoms with Crippen molar-refractivity contribution in [3.05, 3.63) is 40.3 Å².